The molecule has 0 fully saturated rings. The number of unbranched alkanes of at least 4 members (excludes halogenated alkanes) is 11. The normalized spacial score (nSPS) is 12.2. The molecule has 0 aliphatic rings. The highest BCUT2D eigenvalue weighted by atomic mass is 16.5. The highest BCUT2D eigenvalue weighted by Crippen LogP contribution is 2.12. The summed E-state index contributed by atoms with van der Waals surface area (Å²) < 4.78 is 5.19. The number of amides is 1. The molecule has 0 aromatic carbocycles. The van der Waals surface area contributed by atoms with E-state index in [1.807, 2.05) is 13.0 Å². The molecule has 0 aromatic rings. The Bertz CT molecular complexity index is 599. The van der Waals surface area contributed by atoms with Crippen molar-refractivity contribution in [3.05, 3.63) is 24.3 Å². The second-order valence-electron chi connectivity index (χ2n) is 8.79. The van der Waals surface area contributed by atoms with Gasteiger partial charge in [-0.05, 0) is 32.1 Å². The van der Waals surface area contributed by atoms with Crippen molar-refractivity contribution < 1.29 is 14.3 Å². The van der Waals surface area contributed by atoms with Gasteiger partial charge in [0.15, 0.2) is 5.96 Å². The van der Waals surface area contributed by atoms with Gasteiger partial charge in [0.2, 0.25) is 5.91 Å². The second-order valence-corrected chi connectivity index (χ2v) is 8.79. The first-order valence-corrected chi connectivity index (χ1v) is 13.4. The molecule has 0 saturated heterocycles. The third kappa shape index (κ3) is 21.5. The quantitative estimate of drug-likeness (QED) is 0.0487. The summed E-state index contributed by atoms with van der Waals surface area (Å²) in [5, 5.41) is 2.72. The van der Waals surface area contributed by atoms with E-state index >= 15 is 0 Å². The van der Waals surface area contributed by atoms with Crippen LogP contribution in [0.4, 0.5) is 0 Å². The van der Waals surface area contributed by atoms with Crippen LogP contribution in [0.5, 0.6) is 0 Å². The summed E-state index contributed by atoms with van der Waals surface area (Å²) in [5.41, 5.74) is 10.6. The molecule has 0 spiro atoms. The number of allylic oxidation sites excluding steroid dienone is 3. The predicted octanol–water partition coefficient (Wildman–Crippen LogP) is 5.29. The topological polar surface area (TPSA) is 120 Å². The first kappa shape index (κ1) is 31.7. The number of nitrogens with one attached hydrogen (secondary N) is 1. The predicted molar refractivity (Wildman–Crippen MR) is 142 cm³/mol. The van der Waals surface area contributed by atoms with E-state index < -0.39 is 12.0 Å². The summed E-state index contributed by atoms with van der Waals surface area (Å²) in [7, 11) is 0. The SMILES string of the molecule is CCCCCCCCCCCCCC=CC=CC(=O)N[C@@H](CCCN=C(N)N)C(=O)OCCC. The minimum Gasteiger partial charge on any atom is -0.464 e. The number of rotatable bonds is 22. The van der Waals surface area contributed by atoms with Crippen molar-refractivity contribution in [2.75, 3.05) is 13.2 Å². The number of guanidine groups is 1. The highest BCUT2D eigenvalue weighted by Gasteiger charge is 2.20. The van der Waals surface area contributed by atoms with Crippen LogP contribution < -0.4 is 16.8 Å². The van der Waals surface area contributed by atoms with Crippen LogP contribution in [-0.4, -0.2) is 37.0 Å². The number of hydrogen-bond acceptors (Lipinski definition) is 4. The molecule has 1 amide bonds. The minimum absolute atomic E-state index is 0.0111. The first-order valence-electron chi connectivity index (χ1n) is 13.4. The van der Waals surface area contributed by atoms with Crippen LogP contribution >= 0.6 is 0 Å². The van der Waals surface area contributed by atoms with E-state index in [1.54, 1.807) is 6.08 Å². The number of nitrogens with two attached hydrogens (primary N) is 2. The minimum atomic E-state index is -0.710. The zero-order chi connectivity index (χ0) is 25.3. The van der Waals surface area contributed by atoms with Gasteiger partial charge in [-0.3, -0.25) is 9.79 Å². The smallest absolute Gasteiger partial charge is 0.328 e. The van der Waals surface area contributed by atoms with Gasteiger partial charge < -0.3 is 21.5 Å². The van der Waals surface area contributed by atoms with Gasteiger partial charge in [0, 0.05) is 12.6 Å². The monoisotopic (exact) mass is 478 g/mol. The zero-order valence-corrected chi connectivity index (χ0v) is 21.7. The fraction of sp³-hybridized carbons (Fsp3) is 0.741. The highest BCUT2D eigenvalue weighted by molar-refractivity contribution is 5.91. The molecular formula is C27H50N4O3. The molecule has 0 bridgehead atoms. The van der Waals surface area contributed by atoms with Crippen LogP contribution in [0.3, 0.4) is 0 Å². The molecule has 0 radical (unpaired) electrons. The lowest BCUT2D eigenvalue weighted by molar-refractivity contribution is -0.147. The van der Waals surface area contributed by atoms with Gasteiger partial charge in [-0.25, -0.2) is 4.79 Å². The molecule has 0 rings (SSSR count). The van der Waals surface area contributed by atoms with Crippen molar-refractivity contribution in [3.8, 4) is 0 Å². The summed E-state index contributed by atoms with van der Waals surface area (Å²) >= 11 is 0. The number of aliphatic imine (C=N–C) groups is 1. The lowest BCUT2D eigenvalue weighted by atomic mass is 10.1. The Morgan fingerprint density at radius 3 is 2.06 bits per heavy atom. The van der Waals surface area contributed by atoms with Gasteiger partial charge in [-0.1, -0.05) is 96.3 Å². The largest absolute Gasteiger partial charge is 0.464 e. The molecule has 7 heteroatoms. The Labute approximate surface area is 207 Å². The zero-order valence-electron chi connectivity index (χ0n) is 21.7. The number of ether oxygens (including phenoxy) is 1. The van der Waals surface area contributed by atoms with Crippen LogP contribution in [0.25, 0.3) is 0 Å². The van der Waals surface area contributed by atoms with E-state index in [2.05, 4.69) is 23.3 Å². The fourth-order valence-corrected chi connectivity index (χ4v) is 3.52. The summed E-state index contributed by atoms with van der Waals surface area (Å²) in [5.74, 6) is -0.739. The van der Waals surface area contributed by atoms with Gasteiger partial charge in [0.25, 0.3) is 0 Å². The first-order chi connectivity index (χ1) is 16.5. The van der Waals surface area contributed by atoms with Crippen molar-refractivity contribution in [2.45, 2.75) is 116 Å². The van der Waals surface area contributed by atoms with Crippen LogP contribution in [0.1, 0.15) is 110 Å². The summed E-state index contributed by atoms with van der Waals surface area (Å²) in [6.45, 7) is 4.91. The van der Waals surface area contributed by atoms with E-state index in [0.29, 0.717) is 26.0 Å². The van der Waals surface area contributed by atoms with Gasteiger partial charge in [-0.15, -0.1) is 0 Å². The Hall–Kier alpha value is -2.31. The number of carbonyl (C=O) groups excluding carboxylic acids is 2. The molecule has 0 saturated carbocycles. The average Bonchev–Trinajstić information content (AvgIpc) is 2.81. The molecule has 0 aliphatic heterocycles. The van der Waals surface area contributed by atoms with Crippen molar-refractivity contribution in [1.29, 1.82) is 0 Å². The number of hydrogen-bond donors (Lipinski definition) is 3. The molecule has 0 heterocycles. The lowest BCUT2D eigenvalue weighted by Gasteiger charge is -2.16. The standard InChI is InChI=1S/C27H50N4O3/c1-3-5-6-7-8-9-10-11-12-13-14-15-16-17-18-21-25(32)31-24(26(33)34-23-4-2)20-19-22-30-27(28)29/h16-18,21,24H,3-15,19-20,22-23H2,1-2H3,(H,31,32)(H4,28,29,30)/t24-/m0/s1. The molecule has 1 atom stereocenters. The van der Waals surface area contributed by atoms with E-state index in [4.69, 9.17) is 16.2 Å². The van der Waals surface area contributed by atoms with Crippen LogP contribution in [0.2, 0.25) is 0 Å². The van der Waals surface area contributed by atoms with Gasteiger partial charge in [0.1, 0.15) is 6.04 Å². The number of carbonyl (C=O) groups is 2. The Morgan fingerprint density at radius 1 is 0.853 bits per heavy atom. The Kier molecular flexibility index (Phi) is 22.2. The number of esters is 1. The molecule has 7 nitrogen and oxygen atoms in total. The van der Waals surface area contributed by atoms with Crippen molar-refractivity contribution in [3.63, 3.8) is 0 Å². The number of nitrogens with zero attached hydrogens (tertiary/aromatic N) is 1. The second kappa shape index (κ2) is 23.8. The van der Waals surface area contributed by atoms with E-state index in [0.717, 1.165) is 12.8 Å². The maximum Gasteiger partial charge on any atom is 0.328 e. The van der Waals surface area contributed by atoms with Gasteiger partial charge >= 0.3 is 5.97 Å². The molecule has 0 aromatic heterocycles. The summed E-state index contributed by atoms with van der Waals surface area (Å²) in [6, 6.07) is -0.710. The maximum atomic E-state index is 12.2. The third-order valence-electron chi connectivity index (χ3n) is 5.46. The van der Waals surface area contributed by atoms with Crippen LogP contribution in [-0.2, 0) is 14.3 Å². The Morgan fingerprint density at radius 2 is 1.47 bits per heavy atom. The molecule has 5 N–H and O–H groups in total. The molecular weight excluding hydrogens is 428 g/mol. The van der Waals surface area contributed by atoms with E-state index in [9.17, 15) is 9.59 Å². The summed E-state index contributed by atoms with van der Waals surface area (Å²) in [6.07, 6.45) is 24.5. The average molecular weight is 479 g/mol. The fourth-order valence-electron chi connectivity index (χ4n) is 3.52. The van der Waals surface area contributed by atoms with Crippen LogP contribution in [0.15, 0.2) is 29.3 Å². The van der Waals surface area contributed by atoms with Gasteiger partial charge in [0.05, 0.1) is 6.61 Å². The Balaban J connectivity index is 4.03. The molecule has 196 valence electrons. The lowest BCUT2D eigenvalue weighted by Crippen LogP contribution is -2.41. The van der Waals surface area contributed by atoms with Crippen molar-refractivity contribution >= 4 is 17.8 Å². The maximum absolute atomic E-state index is 12.2. The molecule has 0 aliphatic carbocycles. The van der Waals surface area contributed by atoms with Crippen molar-refractivity contribution in [2.24, 2.45) is 16.5 Å². The van der Waals surface area contributed by atoms with E-state index in [-0.39, 0.29) is 11.9 Å². The van der Waals surface area contributed by atoms with Gasteiger partial charge in [-0.2, -0.15) is 0 Å². The van der Waals surface area contributed by atoms with E-state index in [1.165, 1.54) is 76.7 Å². The third-order valence-corrected chi connectivity index (χ3v) is 5.46. The molecule has 0 unspecified atom stereocenters. The summed E-state index contributed by atoms with van der Waals surface area (Å²) in [4.78, 5) is 28.3. The molecule has 34 heavy (non-hydrogen) atoms. The van der Waals surface area contributed by atoms with Crippen molar-refractivity contribution in [1.82, 2.24) is 5.32 Å². The van der Waals surface area contributed by atoms with Crippen LogP contribution in [0, 0.1) is 0 Å².